The Hall–Kier alpha value is -4.12. The van der Waals surface area contributed by atoms with E-state index in [0.29, 0.717) is 50.9 Å². The van der Waals surface area contributed by atoms with Crippen molar-refractivity contribution in [3.05, 3.63) is 115 Å². The van der Waals surface area contributed by atoms with E-state index in [-0.39, 0.29) is 73.3 Å². The molecule has 0 amide bonds. The van der Waals surface area contributed by atoms with Crippen LogP contribution in [0.25, 0.3) is 0 Å². The minimum atomic E-state index is -0.509. The monoisotopic (exact) mass is 782 g/mol. The van der Waals surface area contributed by atoms with Gasteiger partial charge in [0.05, 0.1) is 26.4 Å². The Kier molecular flexibility index (Phi) is 12.4. The van der Waals surface area contributed by atoms with Crippen molar-refractivity contribution in [2.24, 2.45) is 17.3 Å². The molecule has 0 bridgehead atoms. The van der Waals surface area contributed by atoms with E-state index in [4.69, 9.17) is 0 Å². The third-order valence-electron chi connectivity index (χ3n) is 14.6. The summed E-state index contributed by atoms with van der Waals surface area (Å²) in [6.07, 6.45) is 7.09. The van der Waals surface area contributed by atoms with Gasteiger partial charge in [-0.15, -0.1) is 0 Å². The number of hydrogen-bond acceptors (Lipinski definition) is 9. The Morgan fingerprint density at radius 1 is 0.456 bits per heavy atom. The van der Waals surface area contributed by atoms with Crippen LogP contribution in [0.15, 0.2) is 48.5 Å². The number of hydrogen-bond donors (Lipinski definition) is 9. The van der Waals surface area contributed by atoms with Gasteiger partial charge in [0.2, 0.25) is 0 Å². The first kappa shape index (κ1) is 42.5. The number of aliphatic hydroxyl groups excluding tert-OH is 5. The number of aromatic hydroxyl groups is 4. The lowest BCUT2D eigenvalue weighted by Crippen LogP contribution is -2.45. The van der Waals surface area contributed by atoms with Gasteiger partial charge in [0.15, 0.2) is 0 Å². The van der Waals surface area contributed by atoms with Crippen LogP contribution in [0, 0.1) is 44.9 Å². The van der Waals surface area contributed by atoms with Crippen LogP contribution >= 0.6 is 0 Å². The van der Waals surface area contributed by atoms with Crippen LogP contribution in [-0.2, 0) is 37.3 Å². The smallest absolute Gasteiger partial charge is 0.124 e. The van der Waals surface area contributed by atoms with Gasteiger partial charge in [0, 0.05) is 39.7 Å². The zero-order valence-electron chi connectivity index (χ0n) is 34.2. The molecule has 0 heterocycles. The maximum atomic E-state index is 10.8. The summed E-state index contributed by atoms with van der Waals surface area (Å²) in [6, 6.07) is 15.6. The maximum absolute atomic E-state index is 10.8. The summed E-state index contributed by atoms with van der Waals surface area (Å²) >= 11 is 0. The molecule has 2 saturated carbocycles. The van der Waals surface area contributed by atoms with Crippen molar-refractivity contribution in [2.45, 2.75) is 130 Å². The van der Waals surface area contributed by atoms with E-state index in [1.807, 2.05) is 76.2 Å². The molecule has 0 aromatic heterocycles. The SMILES string of the molecule is Cc1cc(C2(c3cc(C)c(O)c(CO)c3)CCC(C(C)(CCO)C3CCC(c4cc(C)c(O)c(CO)c4)(c4cc(C)c(O)c(CO)c4)CC3)CC2)cc(CO)c1O. The first-order valence-corrected chi connectivity index (χ1v) is 20.5. The highest BCUT2D eigenvalue weighted by molar-refractivity contribution is 5.54. The Morgan fingerprint density at radius 3 is 0.912 bits per heavy atom. The topological polar surface area (TPSA) is 182 Å². The molecule has 9 heteroatoms. The fourth-order valence-electron chi connectivity index (χ4n) is 11.0. The van der Waals surface area contributed by atoms with Crippen molar-refractivity contribution in [3.8, 4) is 23.0 Å². The molecular formula is C48H62O9. The summed E-state index contributed by atoms with van der Waals surface area (Å²) in [4.78, 5) is 0. The Morgan fingerprint density at radius 2 is 0.702 bits per heavy atom. The molecule has 57 heavy (non-hydrogen) atoms. The molecule has 308 valence electrons. The highest BCUT2D eigenvalue weighted by Crippen LogP contribution is 2.59. The number of aliphatic hydroxyl groups is 5. The van der Waals surface area contributed by atoms with Crippen molar-refractivity contribution in [1.29, 1.82) is 0 Å². The quantitative estimate of drug-likeness (QED) is 0.0694. The van der Waals surface area contributed by atoms with Crippen molar-refractivity contribution in [1.82, 2.24) is 0 Å². The second kappa shape index (κ2) is 16.6. The van der Waals surface area contributed by atoms with Crippen molar-refractivity contribution in [3.63, 3.8) is 0 Å². The summed E-state index contributed by atoms with van der Waals surface area (Å²) in [5.74, 6) is 0.869. The van der Waals surface area contributed by atoms with Gasteiger partial charge in [-0.05, 0) is 172 Å². The van der Waals surface area contributed by atoms with Crippen LogP contribution in [0.3, 0.4) is 0 Å². The molecule has 0 atom stereocenters. The Balaban J connectivity index is 1.37. The second-order valence-electron chi connectivity index (χ2n) is 17.5. The Bertz CT molecular complexity index is 1820. The van der Waals surface area contributed by atoms with Crippen LogP contribution in [0.2, 0.25) is 0 Å². The molecule has 4 aromatic rings. The van der Waals surface area contributed by atoms with Gasteiger partial charge >= 0.3 is 0 Å². The minimum absolute atomic E-state index is 0.0574. The van der Waals surface area contributed by atoms with E-state index in [1.165, 1.54) is 0 Å². The van der Waals surface area contributed by atoms with E-state index in [1.54, 1.807) is 0 Å². The van der Waals surface area contributed by atoms with E-state index >= 15 is 0 Å². The molecule has 4 aromatic carbocycles. The highest BCUT2D eigenvalue weighted by Gasteiger charge is 2.50. The largest absolute Gasteiger partial charge is 0.507 e. The van der Waals surface area contributed by atoms with Gasteiger partial charge < -0.3 is 46.0 Å². The van der Waals surface area contributed by atoms with Crippen LogP contribution in [0.5, 0.6) is 23.0 Å². The normalized spacial score (nSPS) is 17.6. The number of phenols is 4. The van der Waals surface area contributed by atoms with Crippen LogP contribution in [0.1, 0.15) is 131 Å². The molecule has 0 unspecified atom stereocenters. The fraction of sp³-hybridized carbons (Fsp3) is 0.500. The number of aryl methyl sites for hydroxylation is 4. The van der Waals surface area contributed by atoms with Gasteiger partial charge in [-0.1, -0.05) is 31.2 Å². The molecule has 0 saturated heterocycles. The molecule has 0 aliphatic heterocycles. The third-order valence-corrected chi connectivity index (χ3v) is 14.6. The van der Waals surface area contributed by atoms with Gasteiger partial charge in [0.1, 0.15) is 23.0 Å². The van der Waals surface area contributed by atoms with Crippen LogP contribution in [0.4, 0.5) is 0 Å². The highest BCUT2D eigenvalue weighted by atomic mass is 16.3. The lowest BCUT2D eigenvalue weighted by atomic mass is 9.51. The lowest BCUT2D eigenvalue weighted by Gasteiger charge is -2.53. The molecule has 0 radical (unpaired) electrons. The predicted octanol–water partition coefficient (Wildman–Crippen LogP) is 7.75. The van der Waals surface area contributed by atoms with Crippen molar-refractivity contribution in [2.75, 3.05) is 6.61 Å². The molecule has 2 aliphatic carbocycles. The molecule has 9 N–H and O–H groups in total. The summed E-state index contributed by atoms with van der Waals surface area (Å²) in [7, 11) is 0. The molecule has 2 fully saturated rings. The fourth-order valence-corrected chi connectivity index (χ4v) is 11.0. The summed E-state index contributed by atoms with van der Waals surface area (Å²) < 4.78 is 0. The molecule has 6 rings (SSSR count). The average Bonchev–Trinajstić information content (AvgIpc) is 3.21. The summed E-state index contributed by atoms with van der Waals surface area (Å²) in [6.45, 7) is 8.55. The van der Waals surface area contributed by atoms with Gasteiger partial charge in [0.25, 0.3) is 0 Å². The summed E-state index contributed by atoms with van der Waals surface area (Å²) in [5.41, 5.74) is 7.27. The lowest BCUT2D eigenvalue weighted by molar-refractivity contribution is 0.000248. The first-order valence-electron chi connectivity index (χ1n) is 20.5. The average molecular weight is 783 g/mol. The Labute approximate surface area is 336 Å². The predicted molar refractivity (Wildman–Crippen MR) is 220 cm³/mol. The van der Waals surface area contributed by atoms with Gasteiger partial charge in [-0.3, -0.25) is 0 Å². The first-order chi connectivity index (χ1) is 27.1. The van der Waals surface area contributed by atoms with Crippen LogP contribution in [-0.4, -0.2) is 52.6 Å². The van der Waals surface area contributed by atoms with E-state index < -0.39 is 10.8 Å². The standard InChI is InChI=1S/C48H62O9/c1-28-16-38(20-32(24-50)42(28)54)47(39-17-29(2)43(55)33(21-39)25-51)10-6-36(7-11-47)46(5,14-15-49)37-8-12-48(13-9-37,40-18-30(3)44(56)34(22-40)26-52)41-19-31(4)45(57)35(23-41)27-53/h16-23,36-37,49-57H,6-15,24-27H2,1-5H3. The van der Waals surface area contributed by atoms with E-state index in [2.05, 4.69) is 6.92 Å². The zero-order chi connectivity index (χ0) is 41.4. The number of rotatable bonds is 12. The molecule has 9 nitrogen and oxygen atoms in total. The number of benzene rings is 4. The molecular weight excluding hydrogens is 721 g/mol. The molecule has 0 spiro atoms. The van der Waals surface area contributed by atoms with Crippen molar-refractivity contribution < 1.29 is 46.0 Å². The zero-order valence-corrected chi connectivity index (χ0v) is 34.2. The molecule has 2 aliphatic rings. The third kappa shape index (κ3) is 7.42. The van der Waals surface area contributed by atoms with E-state index in [0.717, 1.165) is 73.6 Å². The summed E-state index contributed by atoms with van der Waals surface area (Å²) in [5, 5.41) is 94.7. The van der Waals surface area contributed by atoms with Crippen LogP contribution < -0.4 is 0 Å². The minimum Gasteiger partial charge on any atom is -0.507 e. The van der Waals surface area contributed by atoms with Gasteiger partial charge in [-0.25, -0.2) is 0 Å². The van der Waals surface area contributed by atoms with Crippen molar-refractivity contribution >= 4 is 0 Å². The maximum Gasteiger partial charge on any atom is 0.124 e. The van der Waals surface area contributed by atoms with Gasteiger partial charge in [-0.2, -0.15) is 0 Å². The second-order valence-corrected chi connectivity index (χ2v) is 17.5. The van der Waals surface area contributed by atoms with E-state index in [9.17, 15) is 46.0 Å².